The molecule has 1 N–H and O–H groups in total. The molecule has 0 spiro atoms. The SMILES string of the molecule is CC(C)(CNC(=O)c1cccc(N2CCOC2=O)c1)c1cccc(Br)c1. The van der Waals surface area contributed by atoms with Crippen LogP contribution in [0.5, 0.6) is 0 Å². The molecular weight excluding hydrogens is 396 g/mol. The molecule has 0 saturated carbocycles. The molecule has 0 aliphatic carbocycles. The summed E-state index contributed by atoms with van der Waals surface area (Å²) in [5.41, 5.74) is 2.12. The molecule has 2 amide bonds. The van der Waals surface area contributed by atoms with E-state index < -0.39 is 0 Å². The van der Waals surface area contributed by atoms with Crippen molar-refractivity contribution >= 4 is 33.6 Å². The molecule has 1 aliphatic rings. The van der Waals surface area contributed by atoms with E-state index in [1.807, 2.05) is 12.1 Å². The molecule has 0 unspecified atom stereocenters. The van der Waals surface area contributed by atoms with Crippen molar-refractivity contribution in [3.05, 3.63) is 64.1 Å². The maximum Gasteiger partial charge on any atom is 0.414 e. The summed E-state index contributed by atoms with van der Waals surface area (Å²) in [5.74, 6) is -0.164. The van der Waals surface area contributed by atoms with Crippen LogP contribution in [0.25, 0.3) is 0 Å². The number of halogens is 1. The standard InChI is InChI=1S/C20H21BrN2O3/c1-20(2,15-6-4-7-16(21)12-15)13-22-18(24)14-5-3-8-17(11-14)23-9-10-26-19(23)25/h3-8,11-12H,9-10,13H2,1-2H3,(H,22,24). The maximum atomic E-state index is 12.6. The molecule has 1 saturated heterocycles. The van der Waals surface area contributed by atoms with Crippen molar-refractivity contribution in [3.63, 3.8) is 0 Å². The van der Waals surface area contributed by atoms with E-state index in [0.29, 0.717) is 30.9 Å². The van der Waals surface area contributed by atoms with Gasteiger partial charge in [-0.3, -0.25) is 9.69 Å². The molecule has 3 rings (SSSR count). The molecule has 1 heterocycles. The number of ether oxygens (including phenoxy) is 1. The number of benzene rings is 2. The molecule has 136 valence electrons. The normalized spacial score (nSPS) is 14.3. The lowest BCUT2D eigenvalue weighted by Crippen LogP contribution is -2.36. The molecule has 1 fully saturated rings. The minimum atomic E-state index is -0.377. The first-order chi connectivity index (χ1) is 12.4. The minimum absolute atomic E-state index is 0.164. The van der Waals surface area contributed by atoms with Crippen LogP contribution in [0, 0.1) is 0 Å². The molecule has 26 heavy (non-hydrogen) atoms. The number of nitrogens with zero attached hydrogens (tertiary/aromatic N) is 1. The summed E-state index contributed by atoms with van der Waals surface area (Å²) in [4.78, 5) is 25.8. The molecule has 0 radical (unpaired) electrons. The van der Waals surface area contributed by atoms with Crippen molar-refractivity contribution in [1.29, 1.82) is 0 Å². The van der Waals surface area contributed by atoms with Gasteiger partial charge in [-0.15, -0.1) is 0 Å². The number of amides is 2. The fourth-order valence-corrected chi connectivity index (χ4v) is 3.26. The zero-order valence-electron chi connectivity index (χ0n) is 14.8. The van der Waals surface area contributed by atoms with Crippen molar-refractivity contribution < 1.29 is 14.3 Å². The van der Waals surface area contributed by atoms with Gasteiger partial charge in [-0.2, -0.15) is 0 Å². The van der Waals surface area contributed by atoms with E-state index >= 15 is 0 Å². The van der Waals surface area contributed by atoms with Crippen molar-refractivity contribution in [3.8, 4) is 0 Å². The number of hydrogen-bond donors (Lipinski definition) is 1. The monoisotopic (exact) mass is 416 g/mol. The van der Waals surface area contributed by atoms with Crippen LogP contribution in [-0.2, 0) is 10.2 Å². The van der Waals surface area contributed by atoms with Crippen LogP contribution in [0.4, 0.5) is 10.5 Å². The zero-order valence-corrected chi connectivity index (χ0v) is 16.4. The largest absolute Gasteiger partial charge is 0.447 e. The first-order valence-electron chi connectivity index (χ1n) is 8.45. The topological polar surface area (TPSA) is 58.6 Å². The second kappa shape index (κ2) is 7.50. The van der Waals surface area contributed by atoms with E-state index in [1.165, 1.54) is 4.90 Å². The molecule has 5 nitrogen and oxygen atoms in total. The Bertz CT molecular complexity index is 835. The maximum absolute atomic E-state index is 12.6. The van der Waals surface area contributed by atoms with E-state index in [2.05, 4.69) is 47.2 Å². The predicted octanol–water partition coefficient (Wildman–Crippen LogP) is 4.11. The predicted molar refractivity (Wildman–Crippen MR) is 105 cm³/mol. The molecule has 2 aromatic rings. The van der Waals surface area contributed by atoms with Gasteiger partial charge in [0.15, 0.2) is 0 Å². The Labute approximate surface area is 161 Å². The number of nitrogens with one attached hydrogen (secondary N) is 1. The minimum Gasteiger partial charge on any atom is -0.447 e. The molecule has 0 atom stereocenters. The fourth-order valence-electron chi connectivity index (χ4n) is 2.86. The third-order valence-electron chi connectivity index (χ3n) is 4.48. The summed E-state index contributed by atoms with van der Waals surface area (Å²) in [7, 11) is 0. The average Bonchev–Trinajstić information content (AvgIpc) is 3.06. The van der Waals surface area contributed by atoms with Crippen LogP contribution in [0.15, 0.2) is 53.0 Å². The summed E-state index contributed by atoms with van der Waals surface area (Å²) in [5, 5.41) is 3.00. The molecule has 1 aliphatic heterocycles. The Kier molecular flexibility index (Phi) is 5.32. The highest BCUT2D eigenvalue weighted by molar-refractivity contribution is 9.10. The lowest BCUT2D eigenvalue weighted by atomic mass is 9.84. The van der Waals surface area contributed by atoms with Gasteiger partial charge in [0, 0.05) is 27.7 Å². The molecular formula is C20H21BrN2O3. The Hall–Kier alpha value is -2.34. The highest BCUT2D eigenvalue weighted by atomic mass is 79.9. The number of anilines is 1. The Morgan fingerprint density at radius 3 is 2.69 bits per heavy atom. The lowest BCUT2D eigenvalue weighted by Gasteiger charge is -2.26. The average molecular weight is 417 g/mol. The van der Waals surface area contributed by atoms with Crippen LogP contribution in [0.1, 0.15) is 29.8 Å². The Morgan fingerprint density at radius 2 is 2.00 bits per heavy atom. The first kappa shape index (κ1) is 18.5. The quantitative estimate of drug-likeness (QED) is 0.797. The summed E-state index contributed by atoms with van der Waals surface area (Å²) in [6.45, 7) is 5.55. The highest BCUT2D eigenvalue weighted by Crippen LogP contribution is 2.25. The summed E-state index contributed by atoms with van der Waals surface area (Å²) in [6.07, 6.45) is -0.377. The van der Waals surface area contributed by atoms with Crippen LogP contribution < -0.4 is 10.2 Å². The second-order valence-corrected chi connectivity index (χ2v) is 7.81. The van der Waals surface area contributed by atoms with Crippen LogP contribution in [-0.4, -0.2) is 31.7 Å². The summed E-state index contributed by atoms with van der Waals surface area (Å²) < 4.78 is 5.97. The number of carbonyl (C=O) groups is 2. The zero-order chi connectivity index (χ0) is 18.7. The van der Waals surface area contributed by atoms with Crippen molar-refractivity contribution in [2.45, 2.75) is 19.3 Å². The van der Waals surface area contributed by atoms with Crippen molar-refractivity contribution in [2.75, 3.05) is 24.6 Å². The number of rotatable bonds is 5. The number of carbonyl (C=O) groups excluding carboxylic acids is 2. The third-order valence-corrected chi connectivity index (χ3v) is 4.97. The molecule has 2 aromatic carbocycles. The second-order valence-electron chi connectivity index (χ2n) is 6.89. The summed E-state index contributed by atoms with van der Waals surface area (Å²) >= 11 is 3.49. The van der Waals surface area contributed by atoms with Crippen LogP contribution >= 0.6 is 15.9 Å². The van der Waals surface area contributed by atoms with Gasteiger partial charge in [-0.1, -0.05) is 48.0 Å². The van der Waals surface area contributed by atoms with Gasteiger partial charge in [0.25, 0.3) is 5.91 Å². The van der Waals surface area contributed by atoms with Gasteiger partial charge in [-0.25, -0.2) is 4.79 Å². The molecule has 0 aromatic heterocycles. The molecule has 0 bridgehead atoms. The van der Waals surface area contributed by atoms with Crippen molar-refractivity contribution in [2.24, 2.45) is 0 Å². The summed E-state index contributed by atoms with van der Waals surface area (Å²) in [6, 6.07) is 15.1. The fraction of sp³-hybridized carbons (Fsp3) is 0.300. The van der Waals surface area contributed by atoms with Crippen LogP contribution in [0.2, 0.25) is 0 Å². The number of cyclic esters (lactones) is 1. The Morgan fingerprint density at radius 1 is 1.23 bits per heavy atom. The van der Waals surface area contributed by atoms with Gasteiger partial charge >= 0.3 is 6.09 Å². The Balaban J connectivity index is 1.69. The lowest BCUT2D eigenvalue weighted by molar-refractivity contribution is 0.0945. The van der Waals surface area contributed by atoms with E-state index in [-0.39, 0.29) is 17.4 Å². The smallest absolute Gasteiger partial charge is 0.414 e. The van der Waals surface area contributed by atoms with E-state index in [1.54, 1.807) is 24.3 Å². The molecule has 6 heteroatoms. The van der Waals surface area contributed by atoms with Gasteiger partial charge in [-0.05, 0) is 35.9 Å². The van der Waals surface area contributed by atoms with E-state index in [4.69, 9.17) is 4.74 Å². The van der Waals surface area contributed by atoms with E-state index in [9.17, 15) is 9.59 Å². The third kappa shape index (κ3) is 4.07. The number of hydrogen-bond acceptors (Lipinski definition) is 3. The van der Waals surface area contributed by atoms with Gasteiger partial charge < -0.3 is 10.1 Å². The first-order valence-corrected chi connectivity index (χ1v) is 9.25. The van der Waals surface area contributed by atoms with Crippen LogP contribution in [0.3, 0.4) is 0 Å². The van der Waals surface area contributed by atoms with Gasteiger partial charge in [0.1, 0.15) is 6.61 Å². The van der Waals surface area contributed by atoms with Gasteiger partial charge in [0.2, 0.25) is 0 Å². The van der Waals surface area contributed by atoms with E-state index in [0.717, 1.165) is 10.0 Å². The van der Waals surface area contributed by atoms with Crippen molar-refractivity contribution in [1.82, 2.24) is 5.32 Å². The van der Waals surface area contributed by atoms with Gasteiger partial charge in [0.05, 0.1) is 6.54 Å². The highest BCUT2D eigenvalue weighted by Gasteiger charge is 2.25.